The van der Waals surface area contributed by atoms with Crippen molar-refractivity contribution >= 4 is 0 Å². The zero-order chi connectivity index (χ0) is 18.6. The minimum atomic E-state index is -0.192. The summed E-state index contributed by atoms with van der Waals surface area (Å²) in [6.45, 7) is 5.36. The Morgan fingerprint density at radius 1 is 1.19 bits per heavy atom. The average molecular weight is 370 g/mol. The summed E-state index contributed by atoms with van der Waals surface area (Å²) in [5.41, 5.74) is 0.880. The van der Waals surface area contributed by atoms with Crippen molar-refractivity contribution in [1.29, 1.82) is 0 Å². The standard InChI is InChI=1S/C21H31N5O/c1-16-9-11-22-19(14-16)26-21(27)23-20(24-26)18-8-5-12-25(15-18)13-10-17-6-3-2-4-7-17/h9,11,14,17-18H,2-8,10,12-13,15H2,1H3,(H,23,24,27)/t18-/m0/s1. The molecule has 1 N–H and O–H groups in total. The van der Waals surface area contributed by atoms with Crippen LogP contribution in [0, 0.1) is 12.8 Å². The van der Waals surface area contributed by atoms with Crippen LogP contribution < -0.4 is 5.69 Å². The fourth-order valence-electron chi connectivity index (χ4n) is 4.64. The average Bonchev–Trinajstić information content (AvgIpc) is 3.09. The molecule has 4 rings (SSSR count). The highest BCUT2D eigenvalue weighted by molar-refractivity contribution is 5.25. The number of nitrogens with one attached hydrogen (secondary N) is 1. The Kier molecular flexibility index (Phi) is 5.72. The summed E-state index contributed by atoms with van der Waals surface area (Å²) in [7, 11) is 0. The maximum atomic E-state index is 12.4. The van der Waals surface area contributed by atoms with E-state index in [1.165, 1.54) is 62.7 Å². The molecular formula is C21H31N5O. The van der Waals surface area contributed by atoms with Crippen molar-refractivity contribution in [2.45, 2.75) is 64.2 Å². The lowest BCUT2D eigenvalue weighted by Crippen LogP contribution is -2.36. The normalized spacial score (nSPS) is 22.2. The van der Waals surface area contributed by atoms with E-state index < -0.39 is 0 Å². The summed E-state index contributed by atoms with van der Waals surface area (Å²) in [4.78, 5) is 22.3. The lowest BCUT2D eigenvalue weighted by molar-refractivity contribution is 0.182. The summed E-state index contributed by atoms with van der Waals surface area (Å²) in [6.07, 6.45) is 12.4. The van der Waals surface area contributed by atoms with Crippen molar-refractivity contribution < 1.29 is 0 Å². The van der Waals surface area contributed by atoms with E-state index in [-0.39, 0.29) is 5.69 Å². The van der Waals surface area contributed by atoms with Crippen molar-refractivity contribution in [3.8, 4) is 5.82 Å². The van der Waals surface area contributed by atoms with Gasteiger partial charge in [0, 0.05) is 18.7 Å². The third-order valence-corrected chi connectivity index (χ3v) is 6.22. The molecule has 0 aromatic carbocycles. The molecule has 2 aromatic rings. The van der Waals surface area contributed by atoms with Gasteiger partial charge < -0.3 is 4.90 Å². The SMILES string of the molecule is Cc1ccnc(-n2nc([C@H]3CCCN(CCC4CCCCC4)C3)[nH]c2=O)c1. The van der Waals surface area contributed by atoms with Gasteiger partial charge in [-0.05, 0) is 62.9 Å². The molecule has 2 aliphatic rings. The third kappa shape index (κ3) is 4.49. The summed E-state index contributed by atoms with van der Waals surface area (Å²) in [5.74, 6) is 2.63. The molecule has 0 unspecified atom stereocenters. The van der Waals surface area contributed by atoms with Gasteiger partial charge in [-0.1, -0.05) is 32.1 Å². The number of piperidine rings is 1. The summed E-state index contributed by atoms with van der Waals surface area (Å²) < 4.78 is 1.41. The first-order valence-corrected chi connectivity index (χ1v) is 10.5. The monoisotopic (exact) mass is 369 g/mol. The van der Waals surface area contributed by atoms with Crippen LogP contribution in [0.5, 0.6) is 0 Å². The van der Waals surface area contributed by atoms with Crippen LogP contribution in [0.4, 0.5) is 0 Å². The lowest BCUT2D eigenvalue weighted by atomic mass is 9.86. The molecule has 1 saturated heterocycles. The van der Waals surface area contributed by atoms with Gasteiger partial charge in [-0.3, -0.25) is 4.98 Å². The van der Waals surface area contributed by atoms with Crippen molar-refractivity contribution in [3.05, 3.63) is 40.2 Å². The largest absolute Gasteiger partial charge is 0.349 e. The molecule has 2 fully saturated rings. The molecule has 27 heavy (non-hydrogen) atoms. The van der Waals surface area contributed by atoms with Gasteiger partial charge in [0.15, 0.2) is 5.82 Å². The number of aryl methyl sites for hydroxylation is 1. The molecule has 1 aliphatic heterocycles. The van der Waals surface area contributed by atoms with Crippen molar-refractivity contribution in [2.24, 2.45) is 5.92 Å². The Morgan fingerprint density at radius 3 is 2.85 bits per heavy atom. The van der Waals surface area contributed by atoms with Gasteiger partial charge in [0.1, 0.15) is 5.82 Å². The first kappa shape index (κ1) is 18.4. The lowest BCUT2D eigenvalue weighted by Gasteiger charge is -2.33. The minimum absolute atomic E-state index is 0.192. The number of aromatic nitrogens is 4. The van der Waals surface area contributed by atoms with E-state index in [0.717, 1.165) is 30.3 Å². The van der Waals surface area contributed by atoms with Crippen LogP contribution in [0.3, 0.4) is 0 Å². The van der Waals surface area contributed by atoms with Gasteiger partial charge in [0.2, 0.25) is 0 Å². The maximum absolute atomic E-state index is 12.4. The van der Waals surface area contributed by atoms with Crippen molar-refractivity contribution in [2.75, 3.05) is 19.6 Å². The number of nitrogens with zero attached hydrogens (tertiary/aromatic N) is 4. The second-order valence-electron chi connectivity index (χ2n) is 8.35. The van der Waals surface area contributed by atoms with Crippen LogP contribution in [0.2, 0.25) is 0 Å². The van der Waals surface area contributed by atoms with E-state index in [2.05, 4.69) is 20.0 Å². The molecule has 0 bridgehead atoms. The summed E-state index contributed by atoms with van der Waals surface area (Å²) in [6, 6.07) is 3.82. The number of hydrogen-bond acceptors (Lipinski definition) is 4. The molecule has 0 amide bonds. The highest BCUT2D eigenvalue weighted by atomic mass is 16.2. The fraction of sp³-hybridized carbons (Fsp3) is 0.667. The quantitative estimate of drug-likeness (QED) is 0.877. The fourth-order valence-corrected chi connectivity index (χ4v) is 4.64. The van der Waals surface area contributed by atoms with Crippen LogP contribution in [0.25, 0.3) is 5.82 Å². The second-order valence-corrected chi connectivity index (χ2v) is 8.35. The maximum Gasteiger partial charge on any atom is 0.349 e. The van der Waals surface area contributed by atoms with Crippen LogP contribution in [0.15, 0.2) is 23.1 Å². The van der Waals surface area contributed by atoms with Crippen molar-refractivity contribution in [1.82, 2.24) is 24.6 Å². The Hall–Kier alpha value is -1.95. The molecule has 146 valence electrons. The number of likely N-dealkylation sites (tertiary alicyclic amines) is 1. The second kappa shape index (κ2) is 8.38. The molecule has 3 heterocycles. The molecule has 0 radical (unpaired) electrons. The van der Waals surface area contributed by atoms with Gasteiger partial charge in [0.05, 0.1) is 0 Å². The van der Waals surface area contributed by atoms with E-state index in [0.29, 0.717) is 11.7 Å². The zero-order valence-corrected chi connectivity index (χ0v) is 16.4. The van der Waals surface area contributed by atoms with E-state index in [9.17, 15) is 4.79 Å². The highest BCUT2D eigenvalue weighted by Crippen LogP contribution is 2.28. The van der Waals surface area contributed by atoms with Crippen LogP contribution >= 0.6 is 0 Å². The number of pyridine rings is 1. The van der Waals surface area contributed by atoms with E-state index >= 15 is 0 Å². The smallest absolute Gasteiger partial charge is 0.303 e. The molecule has 1 saturated carbocycles. The third-order valence-electron chi connectivity index (χ3n) is 6.22. The molecule has 0 spiro atoms. The topological polar surface area (TPSA) is 66.8 Å². The predicted octanol–water partition coefficient (Wildman–Crippen LogP) is 3.41. The number of hydrogen-bond donors (Lipinski definition) is 1. The molecule has 1 atom stereocenters. The first-order chi connectivity index (χ1) is 13.2. The number of rotatable bonds is 5. The van der Waals surface area contributed by atoms with E-state index in [4.69, 9.17) is 0 Å². The summed E-state index contributed by atoms with van der Waals surface area (Å²) in [5, 5.41) is 4.59. The van der Waals surface area contributed by atoms with Gasteiger partial charge in [-0.15, -0.1) is 5.10 Å². The molecule has 6 heteroatoms. The van der Waals surface area contributed by atoms with Crippen molar-refractivity contribution in [3.63, 3.8) is 0 Å². The molecular weight excluding hydrogens is 338 g/mol. The van der Waals surface area contributed by atoms with Gasteiger partial charge >= 0.3 is 5.69 Å². The zero-order valence-electron chi connectivity index (χ0n) is 16.4. The Balaban J connectivity index is 1.41. The number of aromatic amines is 1. The number of H-pyrrole nitrogens is 1. The van der Waals surface area contributed by atoms with E-state index in [1.54, 1.807) is 6.20 Å². The first-order valence-electron chi connectivity index (χ1n) is 10.5. The molecule has 6 nitrogen and oxygen atoms in total. The van der Waals surface area contributed by atoms with Gasteiger partial charge in [-0.25, -0.2) is 9.78 Å². The van der Waals surface area contributed by atoms with Gasteiger partial charge in [-0.2, -0.15) is 4.68 Å². The molecule has 1 aliphatic carbocycles. The van der Waals surface area contributed by atoms with Crippen LogP contribution in [-0.4, -0.2) is 44.3 Å². The summed E-state index contributed by atoms with van der Waals surface area (Å²) >= 11 is 0. The van der Waals surface area contributed by atoms with Gasteiger partial charge in [0.25, 0.3) is 0 Å². The Morgan fingerprint density at radius 2 is 2.04 bits per heavy atom. The Labute approximate surface area is 161 Å². The molecule has 2 aromatic heterocycles. The van der Waals surface area contributed by atoms with Crippen LogP contribution in [-0.2, 0) is 0 Å². The minimum Gasteiger partial charge on any atom is -0.303 e. The van der Waals surface area contributed by atoms with E-state index in [1.807, 2.05) is 19.1 Å². The Bertz CT molecular complexity index is 805. The predicted molar refractivity (Wildman–Crippen MR) is 106 cm³/mol. The van der Waals surface area contributed by atoms with Crippen LogP contribution in [0.1, 0.15) is 68.7 Å². The highest BCUT2D eigenvalue weighted by Gasteiger charge is 2.25.